The molecule has 1 aliphatic heterocycles. The predicted octanol–water partition coefficient (Wildman–Crippen LogP) is 3.77. The van der Waals surface area contributed by atoms with E-state index in [2.05, 4.69) is 15.3 Å². The van der Waals surface area contributed by atoms with Crippen molar-refractivity contribution in [2.24, 2.45) is 0 Å². The second-order valence-corrected chi connectivity index (χ2v) is 14.6. The minimum absolute atomic E-state index is 0.00629. The van der Waals surface area contributed by atoms with Gasteiger partial charge in [-0.1, -0.05) is 49.4 Å². The minimum Gasteiger partial charge on any atom is -0.354 e. The number of amides is 1. The average Bonchev–Trinajstić information content (AvgIpc) is 3.06. The third kappa shape index (κ3) is 5.81. The highest BCUT2D eigenvalue weighted by Gasteiger charge is 2.43. The van der Waals surface area contributed by atoms with Gasteiger partial charge in [-0.2, -0.15) is 8.61 Å². The predicted molar refractivity (Wildman–Crippen MR) is 168 cm³/mol. The maximum Gasteiger partial charge on any atom is 0.243 e. The molecule has 3 heterocycles. The summed E-state index contributed by atoms with van der Waals surface area (Å²) < 4.78 is 58.0. The van der Waals surface area contributed by atoms with E-state index in [4.69, 9.17) is 0 Å². The molecule has 3 aromatic carbocycles. The van der Waals surface area contributed by atoms with Crippen LogP contribution in [-0.2, 0) is 24.8 Å². The summed E-state index contributed by atoms with van der Waals surface area (Å²) >= 11 is 0. The van der Waals surface area contributed by atoms with E-state index in [0.717, 1.165) is 9.87 Å². The summed E-state index contributed by atoms with van der Waals surface area (Å²) in [7, 11) is -8.25. The largest absolute Gasteiger partial charge is 0.354 e. The second-order valence-electron chi connectivity index (χ2n) is 10.8. The number of carbonyl (C=O) groups excluding carboxylic acids is 1. The number of sulfonamides is 2. The van der Waals surface area contributed by atoms with E-state index in [0.29, 0.717) is 21.8 Å². The number of pyridine rings is 2. The SMILES string of the molecule is CC(CNC(=O)C1CN(S(=O)(=O)c2ccc3ncccc3c2)CCN1S(=O)(=O)c1ccc2ncccc2c1)c1ccccc1. The zero-order chi connectivity index (χ0) is 30.9. The van der Waals surface area contributed by atoms with Gasteiger partial charge in [0.15, 0.2) is 0 Å². The summed E-state index contributed by atoms with van der Waals surface area (Å²) in [5.41, 5.74) is 2.30. The number of hydrogen-bond acceptors (Lipinski definition) is 7. The third-order valence-electron chi connectivity index (χ3n) is 7.94. The number of carbonyl (C=O) groups is 1. The van der Waals surface area contributed by atoms with Crippen LogP contribution < -0.4 is 5.32 Å². The van der Waals surface area contributed by atoms with Crippen LogP contribution in [0.4, 0.5) is 0 Å². The molecule has 10 nitrogen and oxygen atoms in total. The molecular weight excluding hydrogens is 599 g/mol. The van der Waals surface area contributed by atoms with Gasteiger partial charge in [0.05, 0.1) is 20.8 Å². The van der Waals surface area contributed by atoms with E-state index in [1.165, 1.54) is 22.5 Å². The van der Waals surface area contributed by atoms with Crippen molar-refractivity contribution in [1.82, 2.24) is 23.9 Å². The summed E-state index contributed by atoms with van der Waals surface area (Å²) in [5.74, 6) is -0.616. The first-order chi connectivity index (χ1) is 21.1. The van der Waals surface area contributed by atoms with Gasteiger partial charge in [0.2, 0.25) is 26.0 Å². The molecule has 2 atom stereocenters. The maximum absolute atomic E-state index is 14.0. The molecule has 1 fully saturated rings. The van der Waals surface area contributed by atoms with Crippen LogP contribution in [0.5, 0.6) is 0 Å². The van der Waals surface area contributed by atoms with Crippen LogP contribution in [0.15, 0.2) is 113 Å². The smallest absolute Gasteiger partial charge is 0.243 e. The minimum atomic E-state index is -4.19. The quantitative estimate of drug-likeness (QED) is 0.277. The lowest BCUT2D eigenvalue weighted by Gasteiger charge is -2.39. The molecule has 2 aromatic heterocycles. The molecule has 2 unspecified atom stereocenters. The summed E-state index contributed by atoms with van der Waals surface area (Å²) in [6, 6.07) is 24.6. The molecule has 0 spiro atoms. The van der Waals surface area contributed by atoms with Gasteiger partial charge in [-0.3, -0.25) is 14.8 Å². The molecule has 0 radical (unpaired) electrons. The molecule has 44 heavy (non-hydrogen) atoms. The first kappa shape index (κ1) is 29.8. The molecule has 0 bridgehead atoms. The number of nitrogens with zero attached hydrogens (tertiary/aromatic N) is 4. The standard InChI is InChI=1S/C32H31N5O5S2/c1-23(24-7-3-2-4-8-24)21-35-32(38)31-22-36(43(39,40)27-11-13-29-25(19-27)9-5-15-33-29)17-18-37(31)44(41,42)28-12-14-30-26(20-28)10-6-16-34-30/h2-16,19-20,23,31H,17-18,21-22H2,1H3,(H,35,38). The molecule has 226 valence electrons. The number of fused-ring (bicyclic) bond motifs is 2. The van der Waals surface area contributed by atoms with E-state index >= 15 is 0 Å². The molecule has 0 saturated carbocycles. The second kappa shape index (κ2) is 12.0. The van der Waals surface area contributed by atoms with E-state index in [-0.39, 0.29) is 41.9 Å². The molecule has 12 heteroatoms. The van der Waals surface area contributed by atoms with Crippen LogP contribution in [0.1, 0.15) is 18.4 Å². The third-order valence-corrected chi connectivity index (χ3v) is 11.7. The van der Waals surface area contributed by atoms with Gasteiger partial charge < -0.3 is 5.32 Å². The molecule has 1 N–H and O–H groups in total. The van der Waals surface area contributed by atoms with E-state index in [1.807, 2.05) is 37.3 Å². The van der Waals surface area contributed by atoms with E-state index < -0.39 is 32.0 Å². The molecular formula is C32H31N5O5S2. The summed E-state index contributed by atoms with van der Waals surface area (Å²) in [6.45, 7) is 1.55. The van der Waals surface area contributed by atoms with Crippen LogP contribution in [0.25, 0.3) is 21.8 Å². The average molecular weight is 630 g/mol. The van der Waals surface area contributed by atoms with Gasteiger partial charge in [-0.05, 0) is 60.0 Å². The summed E-state index contributed by atoms with van der Waals surface area (Å²) in [5, 5.41) is 4.18. The fraction of sp³-hybridized carbons (Fsp3) is 0.219. The Kier molecular flexibility index (Phi) is 8.16. The Morgan fingerprint density at radius 2 is 1.39 bits per heavy atom. The van der Waals surface area contributed by atoms with Crippen molar-refractivity contribution in [2.75, 3.05) is 26.2 Å². The first-order valence-corrected chi connectivity index (χ1v) is 17.1. The lowest BCUT2D eigenvalue weighted by Crippen LogP contribution is -2.61. The maximum atomic E-state index is 14.0. The first-order valence-electron chi connectivity index (χ1n) is 14.2. The molecule has 1 saturated heterocycles. The van der Waals surface area contributed by atoms with Crippen LogP contribution >= 0.6 is 0 Å². The van der Waals surface area contributed by atoms with Crippen molar-refractivity contribution >= 4 is 47.8 Å². The van der Waals surface area contributed by atoms with Crippen molar-refractivity contribution in [2.45, 2.75) is 28.7 Å². The Labute approximate surface area is 256 Å². The molecule has 6 rings (SSSR count). The Morgan fingerprint density at radius 1 is 0.795 bits per heavy atom. The van der Waals surface area contributed by atoms with Crippen LogP contribution in [0.2, 0.25) is 0 Å². The topological polar surface area (TPSA) is 130 Å². The Balaban J connectivity index is 1.31. The van der Waals surface area contributed by atoms with Crippen molar-refractivity contribution in [3.63, 3.8) is 0 Å². The van der Waals surface area contributed by atoms with Crippen LogP contribution in [-0.4, -0.2) is 73.5 Å². The Morgan fingerprint density at radius 3 is 2.00 bits per heavy atom. The van der Waals surface area contributed by atoms with Crippen molar-refractivity contribution in [3.05, 3.63) is 109 Å². The summed E-state index contributed by atoms with van der Waals surface area (Å²) in [4.78, 5) is 22.3. The normalized spacial score (nSPS) is 17.4. The number of hydrogen-bond donors (Lipinski definition) is 1. The number of piperazine rings is 1. The lowest BCUT2D eigenvalue weighted by atomic mass is 10.0. The highest BCUT2D eigenvalue weighted by atomic mass is 32.2. The van der Waals surface area contributed by atoms with Crippen molar-refractivity contribution in [3.8, 4) is 0 Å². The van der Waals surface area contributed by atoms with Gasteiger partial charge in [-0.25, -0.2) is 16.8 Å². The lowest BCUT2D eigenvalue weighted by molar-refractivity contribution is -0.125. The van der Waals surface area contributed by atoms with Gasteiger partial charge in [0.25, 0.3) is 0 Å². The monoisotopic (exact) mass is 629 g/mol. The molecule has 5 aromatic rings. The molecule has 0 aliphatic carbocycles. The number of benzene rings is 3. The number of aromatic nitrogens is 2. The zero-order valence-corrected chi connectivity index (χ0v) is 25.6. The fourth-order valence-electron chi connectivity index (χ4n) is 5.44. The number of rotatable bonds is 8. The highest BCUT2D eigenvalue weighted by Crippen LogP contribution is 2.28. The van der Waals surface area contributed by atoms with Crippen molar-refractivity contribution < 1.29 is 21.6 Å². The van der Waals surface area contributed by atoms with Crippen LogP contribution in [0, 0.1) is 0 Å². The van der Waals surface area contributed by atoms with Gasteiger partial charge in [0, 0.05) is 49.3 Å². The van der Waals surface area contributed by atoms with Gasteiger partial charge >= 0.3 is 0 Å². The Hall–Kier alpha value is -4.23. The Bertz CT molecular complexity index is 2060. The van der Waals surface area contributed by atoms with Gasteiger partial charge in [-0.15, -0.1) is 0 Å². The van der Waals surface area contributed by atoms with E-state index in [9.17, 15) is 21.6 Å². The highest BCUT2D eigenvalue weighted by molar-refractivity contribution is 7.89. The molecule has 1 amide bonds. The van der Waals surface area contributed by atoms with Gasteiger partial charge in [0.1, 0.15) is 6.04 Å². The summed E-state index contributed by atoms with van der Waals surface area (Å²) in [6.07, 6.45) is 3.25. The van der Waals surface area contributed by atoms with Crippen molar-refractivity contribution in [1.29, 1.82) is 0 Å². The van der Waals surface area contributed by atoms with Crippen LogP contribution in [0.3, 0.4) is 0 Å². The molecule has 1 aliphatic rings. The van der Waals surface area contributed by atoms with E-state index in [1.54, 1.807) is 54.9 Å². The fourth-order valence-corrected chi connectivity index (χ4v) is 8.52. The zero-order valence-electron chi connectivity index (χ0n) is 23.9. The number of nitrogens with one attached hydrogen (secondary N) is 1.